The average Bonchev–Trinajstić information content (AvgIpc) is 2.56. The molecule has 1 aliphatic heterocycles. The van der Waals surface area contributed by atoms with Gasteiger partial charge in [-0.1, -0.05) is 0 Å². The predicted octanol–water partition coefficient (Wildman–Crippen LogP) is -0.323. The van der Waals surface area contributed by atoms with E-state index in [9.17, 15) is 34.8 Å². The van der Waals surface area contributed by atoms with Gasteiger partial charge in [-0.15, -0.1) is 0 Å². The normalized spacial score (nSPS) is 23.2. The van der Waals surface area contributed by atoms with Gasteiger partial charge in [-0.2, -0.15) is 0 Å². The first kappa shape index (κ1) is 18.7. The van der Waals surface area contributed by atoms with Crippen molar-refractivity contribution in [1.82, 2.24) is 0 Å². The van der Waals surface area contributed by atoms with Crippen LogP contribution in [0.3, 0.4) is 0 Å². The van der Waals surface area contributed by atoms with Crippen LogP contribution >= 0.6 is 0 Å². The first-order valence-electron chi connectivity index (χ1n) is 7.60. The summed E-state index contributed by atoms with van der Waals surface area (Å²) < 4.78 is 10.0. The van der Waals surface area contributed by atoms with E-state index in [0.717, 1.165) is 12.1 Å². The third kappa shape index (κ3) is 4.46. The van der Waals surface area contributed by atoms with Crippen LogP contribution < -0.4 is 4.74 Å². The molecular weight excluding hydrogens is 336 g/mol. The minimum Gasteiger partial charge on any atom is -0.508 e. The lowest BCUT2D eigenvalue weighted by Crippen LogP contribution is -2.40. The molecule has 0 fully saturated rings. The number of ketones is 2. The second kappa shape index (κ2) is 7.95. The van der Waals surface area contributed by atoms with Crippen molar-refractivity contribution in [1.29, 1.82) is 0 Å². The molecule has 0 bridgehead atoms. The van der Waals surface area contributed by atoms with Crippen LogP contribution in [-0.4, -0.2) is 63.4 Å². The molecule has 4 N–H and O–H groups in total. The number of carbonyl (C=O) groups is 3. The van der Waals surface area contributed by atoms with Crippen LogP contribution in [0.5, 0.6) is 17.2 Å². The van der Waals surface area contributed by atoms with Crippen molar-refractivity contribution in [3.8, 4) is 17.2 Å². The molecule has 1 unspecified atom stereocenters. The number of ether oxygens (including phenoxy) is 2. The van der Waals surface area contributed by atoms with E-state index >= 15 is 0 Å². The monoisotopic (exact) mass is 354 g/mol. The van der Waals surface area contributed by atoms with Crippen LogP contribution in [0.15, 0.2) is 12.1 Å². The van der Waals surface area contributed by atoms with E-state index in [1.807, 2.05) is 0 Å². The molecule has 0 amide bonds. The fraction of sp³-hybridized carbons (Fsp3) is 0.438. The summed E-state index contributed by atoms with van der Waals surface area (Å²) in [5, 5.41) is 38.8. The number of aromatic hydroxyl groups is 2. The van der Waals surface area contributed by atoms with E-state index in [4.69, 9.17) is 9.47 Å². The Morgan fingerprint density at radius 1 is 1.00 bits per heavy atom. The van der Waals surface area contributed by atoms with Crippen molar-refractivity contribution in [2.75, 3.05) is 13.2 Å². The second-order valence-corrected chi connectivity index (χ2v) is 5.56. The predicted molar refractivity (Wildman–Crippen MR) is 81.4 cm³/mol. The number of rotatable bonds is 0. The van der Waals surface area contributed by atoms with Crippen molar-refractivity contribution in [2.24, 2.45) is 0 Å². The zero-order valence-electron chi connectivity index (χ0n) is 13.2. The lowest BCUT2D eigenvalue weighted by Gasteiger charge is -2.18. The summed E-state index contributed by atoms with van der Waals surface area (Å²) >= 11 is 0. The van der Waals surface area contributed by atoms with Gasteiger partial charge >= 0.3 is 5.97 Å². The number of aliphatic hydroxyl groups is 2. The van der Waals surface area contributed by atoms with Gasteiger partial charge in [-0.3, -0.25) is 9.59 Å². The van der Waals surface area contributed by atoms with Gasteiger partial charge in [-0.25, -0.2) is 4.79 Å². The summed E-state index contributed by atoms with van der Waals surface area (Å²) in [6, 6.07) is 1.88. The van der Waals surface area contributed by atoms with Gasteiger partial charge in [0.2, 0.25) is 11.6 Å². The SMILES string of the molecule is O=C1COc2cc(O)cc(O)c2C(=O)OCCCCC(O)[C@@H](O)C1=O. The first-order valence-corrected chi connectivity index (χ1v) is 7.60. The molecule has 1 aromatic rings. The lowest BCUT2D eigenvalue weighted by molar-refractivity contribution is -0.146. The van der Waals surface area contributed by atoms with Crippen LogP contribution in [0.25, 0.3) is 0 Å². The van der Waals surface area contributed by atoms with Crippen LogP contribution in [0.1, 0.15) is 29.6 Å². The van der Waals surface area contributed by atoms with E-state index in [-0.39, 0.29) is 18.8 Å². The summed E-state index contributed by atoms with van der Waals surface area (Å²) in [4.78, 5) is 35.7. The standard InChI is InChI=1S/C16H18O9/c17-8-5-10(19)13-12(6-8)25-7-11(20)15(22)14(21)9(18)3-1-2-4-24-16(13)23/h5-6,9,14,17-19,21H,1-4,7H2/t9?,14-/m1/s1. The number of esters is 1. The molecule has 2 atom stereocenters. The van der Waals surface area contributed by atoms with Gasteiger partial charge in [0, 0.05) is 12.1 Å². The van der Waals surface area contributed by atoms with E-state index in [1.54, 1.807) is 0 Å². The number of aliphatic hydroxyl groups excluding tert-OH is 2. The zero-order chi connectivity index (χ0) is 18.6. The first-order chi connectivity index (χ1) is 11.8. The van der Waals surface area contributed by atoms with Gasteiger partial charge in [-0.05, 0) is 19.3 Å². The van der Waals surface area contributed by atoms with Crippen molar-refractivity contribution in [2.45, 2.75) is 31.5 Å². The average molecular weight is 354 g/mol. The van der Waals surface area contributed by atoms with E-state index < -0.39 is 53.4 Å². The number of phenolic OH excluding ortho intramolecular Hbond substituents is 2. The van der Waals surface area contributed by atoms with Crippen LogP contribution in [-0.2, 0) is 14.3 Å². The largest absolute Gasteiger partial charge is 0.508 e. The van der Waals surface area contributed by atoms with Gasteiger partial charge < -0.3 is 29.9 Å². The van der Waals surface area contributed by atoms with Gasteiger partial charge in [0.15, 0.2) is 6.61 Å². The molecule has 9 nitrogen and oxygen atoms in total. The third-order valence-electron chi connectivity index (χ3n) is 3.66. The Kier molecular flexibility index (Phi) is 5.94. The maximum absolute atomic E-state index is 12.1. The van der Waals surface area contributed by atoms with Crippen LogP contribution in [0.2, 0.25) is 0 Å². The van der Waals surface area contributed by atoms with Gasteiger partial charge in [0.1, 0.15) is 28.9 Å². The molecular formula is C16H18O9. The minimum absolute atomic E-state index is 0.0335. The number of cyclic esters (lactones) is 1. The highest BCUT2D eigenvalue weighted by molar-refractivity contribution is 6.39. The van der Waals surface area contributed by atoms with Crippen molar-refractivity contribution >= 4 is 17.5 Å². The smallest absolute Gasteiger partial charge is 0.345 e. The topological polar surface area (TPSA) is 151 Å². The highest BCUT2D eigenvalue weighted by atomic mass is 16.5. The Morgan fingerprint density at radius 2 is 1.72 bits per heavy atom. The number of hydrogen-bond acceptors (Lipinski definition) is 9. The molecule has 0 radical (unpaired) electrons. The molecule has 0 aliphatic carbocycles. The van der Waals surface area contributed by atoms with Crippen LogP contribution in [0, 0.1) is 0 Å². The van der Waals surface area contributed by atoms with Crippen molar-refractivity contribution < 1.29 is 44.3 Å². The van der Waals surface area contributed by atoms with Gasteiger partial charge in [0.25, 0.3) is 0 Å². The van der Waals surface area contributed by atoms with Crippen LogP contribution in [0.4, 0.5) is 0 Å². The Morgan fingerprint density at radius 3 is 2.44 bits per heavy atom. The molecule has 1 aliphatic rings. The highest BCUT2D eigenvalue weighted by Crippen LogP contribution is 2.33. The Labute approximate surface area is 142 Å². The number of carbonyl (C=O) groups excluding carboxylic acids is 3. The number of hydrogen-bond donors (Lipinski definition) is 4. The van der Waals surface area contributed by atoms with Crippen molar-refractivity contribution in [3.63, 3.8) is 0 Å². The zero-order valence-corrected chi connectivity index (χ0v) is 13.2. The maximum Gasteiger partial charge on any atom is 0.345 e. The molecule has 1 heterocycles. The number of benzene rings is 1. The third-order valence-corrected chi connectivity index (χ3v) is 3.66. The number of fused-ring (bicyclic) bond motifs is 1. The van der Waals surface area contributed by atoms with E-state index in [1.165, 1.54) is 0 Å². The molecule has 0 aromatic heterocycles. The molecule has 25 heavy (non-hydrogen) atoms. The van der Waals surface area contributed by atoms with E-state index in [2.05, 4.69) is 0 Å². The second-order valence-electron chi connectivity index (χ2n) is 5.56. The molecule has 9 heteroatoms. The van der Waals surface area contributed by atoms with Gasteiger partial charge in [0.05, 0.1) is 12.7 Å². The Hall–Kier alpha value is -2.65. The molecule has 136 valence electrons. The summed E-state index contributed by atoms with van der Waals surface area (Å²) in [5.41, 5.74) is -0.393. The molecule has 0 saturated carbocycles. The molecule has 1 aromatic carbocycles. The summed E-state index contributed by atoms with van der Waals surface area (Å²) in [7, 11) is 0. The lowest BCUT2D eigenvalue weighted by atomic mass is 10.0. The fourth-order valence-corrected chi connectivity index (χ4v) is 2.31. The summed E-state index contributed by atoms with van der Waals surface area (Å²) in [6.45, 7) is -0.889. The number of Topliss-reactive ketones (excluding diaryl/α,β-unsaturated/α-hetero) is 2. The number of phenols is 2. The van der Waals surface area contributed by atoms with Crippen molar-refractivity contribution in [3.05, 3.63) is 17.7 Å². The summed E-state index contributed by atoms with van der Waals surface area (Å²) in [6.07, 6.45) is -2.60. The molecule has 2 rings (SSSR count). The molecule has 0 spiro atoms. The summed E-state index contributed by atoms with van der Waals surface area (Å²) in [5.74, 6) is -4.68. The highest BCUT2D eigenvalue weighted by Gasteiger charge is 2.30. The quantitative estimate of drug-likeness (QED) is 0.363. The minimum atomic E-state index is -1.88. The molecule has 0 saturated heterocycles. The maximum atomic E-state index is 12.1. The Bertz CT molecular complexity index is 682. The van der Waals surface area contributed by atoms with E-state index in [0.29, 0.717) is 12.8 Å². The fourth-order valence-electron chi connectivity index (χ4n) is 2.31. The Balaban J connectivity index is 2.32.